The zero-order valence-corrected chi connectivity index (χ0v) is 11.6. The molecule has 106 valence electrons. The SMILES string of the molecule is c1cc(CN2CCC[C@@H]2c2nc3c([nH]2)CCCC3)no1. The van der Waals surface area contributed by atoms with Crippen LogP contribution >= 0.6 is 0 Å². The van der Waals surface area contributed by atoms with Crippen molar-refractivity contribution in [2.75, 3.05) is 6.54 Å². The van der Waals surface area contributed by atoms with Gasteiger partial charge >= 0.3 is 0 Å². The van der Waals surface area contributed by atoms with Gasteiger partial charge in [-0.25, -0.2) is 4.98 Å². The van der Waals surface area contributed by atoms with E-state index in [9.17, 15) is 0 Å². The highest BCUT2D eigenvalue weighted by atomic mass is 16.5. The van der Waals surface area contributed by atoms with Crippen molar-refractivity contribution in [3.63, 3.8) is 0 Å². The second-order valence-corrected chi connectivity index (χ2v) is 5.87. The van der Waals surface area contributed by atoms with E-state index in [-0.39, 0.29) is 0 Å². The smallest absolute Gasteiger partial charge is 0.124 e. The van der Waals surface area contributed by atoms with Gasteiger partial charge in [0.15, 0.2) is 0 Å². The van der Waals surface area contributed by atoms with E-state index in [1.807, 2.05) is 6.07 Å². The van der Waals surface area contributed by atoms with Gasteiger partial charge in [0.05, 0.1) is 17.4 Å². The number of likely N-dealkylation sites (tertiary alicyclic amines) is 1. The molecule has 2 aromatic heterocycles. The Morgan fingerprint density at radius 1 is 1.30 bits per heavy atom. The summed E-state index contributed by atoms with van der Waals surface area (Å²) in [6, 6.07) is 2.36. The zero-order valence-electron chi connectivity index (χ0n) is 11.6. The summed E-state index contributed by atoms with van der Waals surface area (Å²) < 4.78 is 4.93. The van der Waals surface area contributed by atoms with Crippen LogP contribution in [0.5, 0.6) is 0 Å². The third-order valence-corrected chi connectivity index (χ3v) is 4.51. The molecule has 4 rings (SSSR count). The zero-order chi connectivity index (χ0) is 13.4. The molecule has 0 unspecified atom stereocenters. The molecule has 0 aromatic carbocycles. The molecular formula is C15H20N4O. The Bertz CT molecular complexity index is 551. The largest absolute Gasteiger partial charge is 0.364 e. The Morgan fingerprint density at radius 2 is 2.25 bits per heavy atom. The predicted molar refractivity (Wildman–Crippen MR) is 74.1 cm³/mol. The van der Waals surface area contributed by atoms with Crippen LogP contribution in [0, 0.1) is 0 Å². The summed E-state index contributed by atoms with van der Waals surface area (Å²) >= 11 is 0. The fourth-order valence-corrected chi connectivity index (χ4v) is 3.49. The van der Waals surface area contributed by atoms with Crippen LogP contribution in [0.2, 0.25) is 0 Å². The molecule has 1 saturated heterocycles. The number of rotatable bonds is 3. The number of hydrogen-bond acceptors (Lipinski definition) is 4. The van der Waals surface area contributed by atoms with Gasteiger partial charge in [0.2, 0.25) is 0 Å². The standard InChI is InChI=1S/C15H20N4O/c1-2-5-13-12(4-1)16-15(17-13)14-6-3-8-19(14)10-11-7-9-20-18-11/h7,9,14H,1-6,8,10H2,(H,16,17)/t14-/m1/s1. The predicted octanol–water partition coefficient (Wildman–Crippen LogP) is 2.61. The molecular weight excluding hydrogens is 252 g/mol. The first kappa shape index (κ1) is 12.1. The van der Waals surface area contributed by atoms with Crippen molar-refractivity contribution in [2.24, 2.45) is 0 Å². The number of nitrogens with one attached hydrogen (secondary N) is 1. The van der Waals surface area contributed by atoms with Crippen molar-refractivity contribution in [1.82, 2.24) is 20.0 Å². The normalized spacial score (nSPS) is 23.1. The minimum absolute atomic E-state index is 0.414. The van der Waals surface area contributed by atoms with Crippen LogP contribution in [0.25, 0.3) is 0 Å². The number of H-pyrrole nitrogens is 1. The monoisotopic (exact) mass is 272 g/mol. The lowest BCUT2D eigenvalue weighted by atomic mass is 10.0. The summed E-state index contributed by atoms with van der Waals surface area (Å²) in [5.74, 6) is 1.16. The van der Waals surface area contributed by atoms with Crippen molar-refractivity contribution >= 4 is 0 Å². The molecule has 2 aliphatic rings. The summed E-state index contributed by atoms with van der Waals surface area (Å²) in [5.41, 5.74) is 3.69. The molecule has 1 aliphatic carbocycles. The number of nitrogens with zero attached hydrogens (tertiary/aromatic N) is 3. The highest BCUT2D eigenvalue weighted by Gasteiger charge is 2.30. The molecule has 20 heavy (non-hydrogen) atoms. The van der Waals surface area contributed by atoms with Crippen LogP contribution in [0.1, 0.15) is 54.6 Å². The molecule has 5 heteroatoms. The van der Waals surface area contributed by atoms with Gasteiger partial charge in [-0.1, -0.05) is 5.16 Å². The van der Waals surface area contributed by atoms with E-state index >= 15 is 0 Å². The molecule has 2 aromatic rings. The highest BCUT2D eigenvalue weighted by Crippen LogP contribution is 2.33. The Balaban J connectivity index is 1.55. The van der Waals surface area contributed by atoms with E-state index in [1.54, 1.807) is 6.26 Å². The maximum Gasteiger partial charge on any atom is 0.124 e. The minimum atomic E-state index is 0.414. The molecule has 1 atom stereocenters. The molecule has 0 amide bonds. The van der Waals surface area contributed by atoms with Crippen LogP contribution in [-0.4, -0.2) is 26.6 Å². The number of imidazole rings is 1. The molecule has 1 fully saturated rings. The topological polar surface area (TPSA) is 58.0 Å². The highest BCUT2D eigenvalue weighted by molar-refractivity contribution is 5.19. The van der Waals surface area contributed by atoms with Gasteiger partial charge in [-0.2, -0.15) is 0 Å². The molecule has 3 heterocycles. The van der Waals surface area contributed by atoms with E-state index < -0.39 is 0 Å². The second-order valence-electron chi connectivity index (χ2n) is 5.87. The van der Waals surface area contributed by atoms with Crippen molar-refractivity contribution < 1.29 is 4.52 Å². The summed E-state index contributed by atoms with van der Waals surface area (Å²) in [7, 11) is 0. The van der Waals surface area contributed by atoms with Gasteiger partial charge in [0, 0.05) is 18.3 Å². The Labute approximate surface area is 118 Å². The van der Waals surface area contributed by atoms with Gasteiger partial charge in [-0.05, 0) is 45.1 Å². The quantitative estimate of drug-likeness (QED) is 0.933. The first-order valence-corrected chi connectivity index (χ1v) is 7.61. The molecule has 1 N–H and O–H groups in total. The third kappa shape index (κ3) is 2.16. The van der Waals surface area contributed by atoms with Crippen LogP contribution in [-0.2, 0) is 19.4 Å². The van der Waals surface area contributed by atoms with Crippen molar-refractivity contribution in [3.8, 4) is 0 Å². The van der Waals surface area contributed by atoms with Gasteiger partial charge in [0.25, 0.3) is 0 Å². The number of aryl methyl sites for hydroxylation is 2. The Kier molecular flexibility index (Phi) is 3.07. The van der Waals surface area contributed by atoms with Gasteiger partial charge in [-0.3, -0.25) is 4.90 Å². The lowest BCUT2D eigenvalue weighted by Crippen LogP contribution is -2.23. The number of aromatic amines is 1. The molecule has 5 nitrogen and oxygen atoms in total. The van der Waals surface area contributed by atoms with Crippen molar-refractivity contribution in [2.45, 2.75) is 51.1 Å². The van der Waals surface area contributed by atoms with Crippen LogP contribution in [0.3, 0.4) is 0 Å². The van der Waals surface area contributed by atoms with E-state index in [0.29, 0.717) is 6.04 Å². The molecule has 1 aliphatic heterocycles. The molecule has 0 radical (unpaired) electrons. The maximum absolute atomic E-state index is 4.93. The molecule has 0 spiro atoms. The van der Waals surface area contributed by atoms with Crippen molar-refractivity contribution in [3.05, 3.63) is 35.2 Å². The van der Waals surface area contributed by atoms with Crippen molar-refractivity contribution in [1.29, 1.82) is 0 Å². The van der Waals surface area contributed by atoms with Gasteiger partial charge in [0.1, 0.15) is 12.1 Å². The van der Waals surface area contributed by atoms with E-state index in [4.69, 9.17) is 9.51 Å². The summed E-state index contributed by atoms with van der Waals surface area (Å²) in [5, 5.41) is 4.03. The fraction of sp³-hybridized carbons (Fsp3) is 0.600. The average molecular weight is 272 g/mol. The maximum atomic E-state index is 4.93. The van der Waals surface area contributed by atoms with E-state index in [1.165, 1.54) is 43.5 Å². The van der Waals surface area contributed by atoms with E-state index in [0.717, 1.165) is 31.0 Å². The minimum Gasteiger partial charge on any atom is -0.364 e. The van der Waals surface area contributed by atoms with Crippen LogP contribution < -0.4 is 0 Å². The summed E-state index contributed by atoms with van der Waals surface area (Å²) in [4.78, 5) is 10.9. The van der Waals surface area contributed by atoms with Crippen LogP contribution in [0.15, 0.2) is 16.9 Å². The first-order valence-electron chi connectivity index (χ1n) is 7.61. The first-order chi connectivity index (χ1) is 9.90. The fourth-order valence-electron chi connectivity index (χ4n) is 3.49. The number of aromatic nitrogens is 3. The van der Waals surface area contributed by atoms with E-state index in [2.05, 4.69) is 15.0 Å². The molecule has 0 saturated carbocycles. The molecule has 0 bridgehead atoms. The Hall–Kier alpha value is -1.62. The second kappa shape index (κ2) is 5.05. The Morgan fingerprint density at radius 3 is 3.10 bits per heavy atom. The van der Waals surface area contributed by atoms with Gasteiger partial charge < -0.3 is 9.51 Å². The number of hydrogen-bond donors (Lipinski definition) is 1. The lowest BCUT2D eigenvalue weighted by Gasteiger charge is -2.21. The summed E-state index contributed by atoms with van der Waals surface area (Å²) in [6.07, 6.45) is 8.94. The number of fused-ring (bicyclic) bond motifs is 1. The lowest BCUT2D eigenvalue weighted by molar-refractivity contribution is 0.233. The summed E-state index contributed by atoms with van der Waals surface area (Å²) in [6.45, 7) is 1.97. The van der Waals surface area contributed by atoms with Gasteiger partial charge in [-0.15, -0.1) is 0 Å². The average Bonchev–Trinajstić information content (AvgIpc) is 3.18. The third-order valence-electron chi connectivity index (χ3n) is 4.51. The van der Waals surface area contributed by atoms with Crippen LogP contribution in [0.4, 0.5) is 0 Å².